The summed E-state index contributed by atoms with van der Waals surface area (Å²) >= 11 is 0. The number of hydrogen-bond acceptors (Lipinski definition) is 0. The first-order valence-electron chi connectivity index (χ1n) is 2.97. The van der Waals surface area contributed by atoms with Gasteiger partial charge >= 0.3 is 0 Å². The van der Waals surface area contributed by atoms with Crippen LogP contribution < -0.4 is 0 Å². The Morgan fingerprint density at radius 2 is 2.11 bits per heavy atom. The first-order chi connectivity index (χ1) is 3.80. The van der Waals surface area contributed by atoms with Crippen molar-refractivity contribution >= 4 is 0 Å². The molecular formula is C8H11Ti-. The van der Waals surface area contributed by atoms with E-state index in [2.05, 4.69) is 32.1 Å². The van der Waals surface area contributed by atoms with E-state index in [1.807, 2.05) is 0 Å². The van der Waals surface area contributed by atoms with Crippen molar-refractivity contribution in [3.8, 4) is 0 Å². The van der Waals surface area contributed by atoms with Gasteiger partial charge in [0.25, 0.3) is 0 Å². The SMILES string of the molecule is C[C-](C)C1=CC=CC1.[Ti]. The van der Waals surface area contributed by atoms with E-state index in [-0.39, 0.29) is 21.7 Å². The number of allylic oxidation sites excluding steroid dienone is 4. The van der Waals surface area contributed by atoms with E-state index in [9.17, 15) is 0 Å². The maximum absolute atomic E-state index is 2.18. The van der Waals surface area contributed by atoms with Crippen molar-refractivity contribution in [2.24, 2.45) is 0 Å². The Morgan fingerprint density at radius 1 is 1.44 bits per heavy atom. The minimum Gasteiger partial charge on any atom is -0.218 e. The van der Waals surface area contributed by atoms with Gasteiger partial charge in [0.15, 0.2) is 0 Å². The first kappa shape index (κ1) is 9.06. The van der Waals surface area contributed by atoms with E-state index in [0.29, 0.717) is 0 Å². The fraction of sp³-hybridized carbons (Fsp3) is 0.375. The van der Waals surface area contributed by atoms with Crippen LogP contribution in [0.2, 0.25) is 0 Å². The molecule has 0 amide bonds. The summed E-state index contributed by atoms with van der Waals surface area (Å²) in [5, 5.41) is 0. The van der Waals surface area contributed by atoms with E-state index in [0.717, 1.165) is 6.42 Å². The molecule has 1 rings (SSSR count). The summed E-state index contributed by atoms with van der Waals surface area (Å²) in [4.78, 5) is 0. The maximum Gasteiger partial charge on any atom is 0 e. The largest absolute Gasteiger partial charge is 0.218 e. The minimum atomic E-state index is 0. The van der Waals surface area contributed by atoms with Crippen LogP contribution >= 0.6 is 0 Å². The minimum absolute atomic E-state index is 0. The average Bonchev–Trinajstić information content (AvgIpc) is 2.12. The Hall–Kier alpha value is 0.0643. The molecule has 0 N–H and O–H groups in total. The second-order valence-electron chi connectivity index (χ2n) is 2.32. The van der Waals surface area contributed by atoms with Crippen molar-refractivity contribution in [3.63, 3.8) is 0 Å². The molecule has 0 aromatic carbocycles. The van der Waals surface area contributed by atoms with E-state index < -0.39 is 0 Å². The molecule has 9 heavy (non-hydrogen) atoms. The molecule has 0 fully saturated rings. The van der Waals surface area contributed by atoms with Gasteiger partial charge in [0.05, 0.1) is 0 Å². The van der Waals surface area contributed by atoms with Crippen LogP contribution in [0.4, 0.5) is 0 Å². The van der Waals surface area contributed by atoms with E-state index in [4.69, 9.17) is 0 Å². The molecule has 0 saturated carbocycles. The summed E-state index contributed by atoms with van der Waals surface area (Å²) in [6.07, 6.45) is 7.61. The molecule has 0 aliphatic heterocycles. The first-order valence-corrected chi connectivity index (χ1v) is 2.97. The van der Waals surface area contributed by atoms with Crippen molar-refractivity contribution < 1.29 is 21.7 Å². The summed E-state index contributed by atoms with van der Waals surface area (Å²) in [6.45, 7) is 4.30. The second-order valence-corrected chi connectivity index (χ2v) is 2.32. The van der Waals surface area contributed by atoms with Gasteiger partial charge in [-0.15, -0.1) is 26.0 Å². The van der Waals surface area contributed by atoms with Crippen LogP contribution in [0.15, 0.2) is 23.8 Å². The van der Waals surface area contributed by atoms with Gasteiger partial charge < -0.3 is 0 Å². The van der Waals surface area contributed by atoms with Gasteiger partial charge in [0, 0.05) is 21.7 Å². The zero-order chi connectivity index (χ0) is 5.98. The average molecular weight is 155 g/mol. The van der Waals surface area contributed by atoms with Crippen LogP contribution in [0, 0.1) is 5.92 Å². The van der Waals surface area contributed by atoms with Crippen LogP contribution in [-0.4, -0.2) is 0 Å². The Labute approximate surface area is 71.9 Å². The van der Waals surface area contributed by atoms with Gasteiger partial charge in [-0.3, -0.25) is 0 Å². The summed E-state index contributed by atoms with van der Waals surface area (Å²) in [6, 6.07) is 0. The van der Waals surface area contributed by atoms with E-state index in [1.54, 1.807) is 0 Å². The van der Waals surface area contributed by atoms with Gasteiger partial charge in [0.1, 0.15) is 0 Å². The Kier molecular flexibility index (Phi) is 4.00. The second kappa shape index (κ2) is 3.97. The number of rotatable bonds is 1. The van der Waals surface area contributed by atoms with Crippen molar-refractivity contribution in [1.82, 2.24) is 0 Å². The molecule has 1 aliphatic carbocycles. The zero-order valence-corrected chi connectivity index (χ0v) is 7.50. The molecular weight excluding hydrogens is 144 g/mol. The molecule has 0 radical (unpaired) electrons. The van der Waals surface area contributed by atoms with E-state index in [1.165, 1.54) is 11.5 Å². The summed E-state index contributed by atoms with van der Waals surface area (Å²) in [5.74, 6) is 1.44. The van der Waals surface area contributed by atoms with Gasteiger partial charge in [-0.2, -0.15) is 0 Å². The van der Waals surface area contributed by atoms with E-state index >= 15 is 0 Å². The van der Waals surface area contributed by atoms with Crippen LogP contribution in [0.25, 0.3) is 0 Å². The van der Waals surface area contributed by atoms with Crippen molar-refractivity contribution in [2.75, 3.05) is 0 Å². The normalized spacial score (nSPS) is 14.7. The van der Waals surface area contributed by atoms with Gasteiger partial charge in [-0.25, -0.2) is 17.6 Å². The van der Waals surface area contributed by atoms with Crippen molar-refractivity contribution in [2.45, 2.75) is 20.3 Å². The Morgan fingerprint density at radius 3 is 2.33 bits per heavy atom. The molecule has 1 heteroatoms. The summed E-state index contributed by atoms with van der Waals surface area (Å²) in [7, 11) is 0. The smallest absolute Gasteiger partial charge is 0 e. The monoisotopic (exact) mass is 155 g/mol. The molecule has 0 saturated heterocycles. The fourth-order valence-corrected chi connectivity index (χ4v) is 0.818. The van der Waals surface area contributed by atoms with Crippen LogP contribution in [0.5, 0.6) is 0 Å². The molecule has 48 valence electrons. The molecule has 0 aromatic rings. The third-order valence-corrected chi connectivity index (χ3v) is 1.41. The molecule has 1 aliphatic rings. The molecule has 0 unspecified atom stereocenters. The van der Waals surface area contributed by atoms with Crippen LogP contribution in [0.1, 0.15) is 20.3 Å². The molecule has 0 heterocycles. The molecule has 0 aromatic heterocycles. The van der Waals surface area contributed by atoms with Gasteiger partial charge in [0.2, 0.25) is 0 Å². The summed E-state index contributed by atoms with van der Waals surface area (Å²) in [5.41, 5.74) is 1.48. The standard InChI is InChI=1S/C8H11.Ti/c1-7(2)8-5-3-4-6-8;/h3-5H,6H2,1-2H3;/q-1;. The van der Waals surface area contributed by atoms with Crippen LogP contribution in [0.3, 0.4) is 0 Å². The fourth-order valence-electron chi connectivity index (χ4n) is 0.818. The number of hydrogen-bond donors (Lipinski definition) is 0. The third-order valence-electron chi connectivity index (χ3n) is 1.41. The third kappa shape index (κ3) is 2.42. The quantitative estimate of drug-likeness (QED) is 0.403. The maximum atomic E-state index is 2.18. The van der Waals surface area contributed by atoms with Crippen molar-refractivity contribution in [3.05, 3.63) is 29.7 Å². The zero-order valence-electron chi connectivity index (χ0n) is 5.94. The van der Waals surface area contributed by atoms with Crippen molar-refractivity contribution in [1.29, 1.82) is 0 Å². The molecule has 0 bridgehead atoms. The molecule has 0 nitrogen and oxygen atoms in total. The van der Waals surface area contributed by atoms with Gasteiger partial charge in [-0.1, -0.05) is 0 Å². The molecule has 0 spiro atoms. The predicted octanol–water partition coefficient (Wildman–Crippen LogP) is 2.48. The molecule has 0 atom stereocenters. The van der Waals surface area contributed by atoms with Crippen LogP contribution in [-0.2, 0) is 21.7 Å². The topological polar surface area (TPSA) is 0 Å². The van der Waals surface area contributed by atoms with Gasteiger partial charge in [-0.05, 0) is 6.42 Å². The Bertz CT molecular complexity index is 132. The summed E-state index contributed by atoms with van der Waals surface area (Å²) < 4.78 is 0. The Balaban J connectivity index is 0.000000640. The predicted molar refractivity (Wildman–Crippen MR) is 36.4 cm³/mol.